The van der Waals surface area contributed by atoms with Crippen LogP contribution in [0.25, 0.3) is 5.76 Å². The van der Waals surface area contributed by atoms with Crippen LogP contribution in [0.4, 0.5) is 0 Å². The third kappa shape index (κ3) is 4.38. The second-order valence-corrected chi connectivity index (χ2v) is 7.93. The molecule has 31 heavy (non-hydrogen) atoms. The summed E-state index contributed by atoms with van der Waals surface area (Å²) in [6.07, 6.45) is 0. The molecular weight excluding hydrogens is 420 g/mol. The number of halogens is 1. The van der Waals surface area contributed by atoms with E-state index in [4.69, 9.17) is 21.1 Å². The van der Waals surface area contributed by atoms with Crippen LogP contribution < -0.4 is 19.5 Å². The molecule has 3 rings (SSSR count). The highest BCUT2D eigenvalue weighted by molar-refractivity contribution is 6.46. The Morgan fingerprint density at radius 1 is 1.10 bits per heavy atom. The van der Waals surface area contributed by atoms with Crippen molar-refractivity contribution < 1.29 is 29.1 Å². The van der Waals surface area contributed by atoms with Gasteiger partial charge in [-0.3, -0.25) is 9.59 Å². The van der Waals surface area contributed by atoms with Crippen molar-refractivity contribution in [1.29, 1.82) is 0 Å². The van der Waals surface area contributed by atoms with E-state index < -0.39 is 23.5 Å². The maximum Gasteiger partial charge on any atom is 0.295 e. The van der Waals surface area contributed by atoms with E-state index in [1.165, 1.54) is 31.3 Å². The van der Waals surface area contributed by atoms with Gasteiger partial charge in [-0.25, -0.2) is 0 Å². The molecule has 1 saturated heterocycles. The SMILES string of the molecule is COc1ccc(C([O-])=C2C(=O)C(=O)N(CC[NH+](C)C)C2c2ccccc2OC)cc1Cl. The van der Waals surface area contributed by atoms with Crippen molar-refractivity contribution in [2.45, 2.75) is 6.04 Å². The third-order valence-electron chi connectivity index (χ3n) is 5.23. The average Bonchev–Trinajstić information content (AvgIpc) is 3.01. The number of ether oxygens (including phenoxy) is 2. The lowest BCUT2D eigenvalue weighted by atomic mass is 9.94. The highest BCUT2D eigenvalue weighted by Gasteiger charge is 2.45. The van der Waals surface area contributed by atoms with E-state index in [1.807, 2.05) is 14.1 Å². The molecule has 0 radical (unpaired) electrons. The number of nitrogens with one attached hydrogen (secondary N) is 1. The fraction of sp³-hybridized carbons (Fsp3) is 0.304. The molecule has 0 aliphatic carbocycles. The molecule has 1 fully saturated rings. The maximum absolute atomic E-state index is 13.4. The molecule has 1 atom stereocenters. The van der Waals surface area contributed by atoms with Crippen LogP contribution in [0.3, 0.4) is 0 Å². The summed E-state index contributed by atoms with van der Waals surface area (Å²) >= 11 is 6.19. The molecule has 1 unspecified atom stereocenters. The van der Waals surface area contributed by atoms with E-state index in [-0.39, 0.29) is 16.2 Å². The van der Waals surface area contributed by atoms with Gasteiger partial charge in [-0.15, -0.1) is 0 Å². The van der Waals surface area contributed by atoms with Crippen LogP contribution in [-0.2, 0) is 9.59 Å². The largest absolute Gasteiger partial charge is 0.872 e. The molecule has 1 heterocycles. The van der Waals surface area contributed by atoms with Crippen LogP contribution in [0.5, 0.6) is 11.5 Å². The molecule has 2 aromatic rings. The molecule has 0 spiro atoms. The van der Waals surface area contributed by atoms with Gasteiger partial charge in [0.05, 0.1) is 52.5 Å². The molecule has 0 saturated carbocycles. The molecule has 8 heteroatoms. The van der Waals surface area contributed by atoms with Gasteiger partial charge >= 0.3 is 0 Å². The number of hydrogen-bond donors (Lipinski definition) is 1. The smallest absolute Gasteiger partial charge is 0.295 e. The molecule has 1 aliphatic rings. The molecule has 0 bridgehead atoms. The summed E-state index contributed by atoms with van der Waals surface area (Å²) in [6, 6.07) is 10.8. The highest BCUT2D eigenvalue weighted by Crippen LogP contribution is 2.42. The zero-order valence-corrected chi connectivity index (χ0v) is 18.7. The molecule has 7 nitrogen and oxygen atoms in total. The van der Waals surface area contributed by atoms with Gasteiger partial charge < -0.3 is 24.4 Å². The van der Waals surface area contributed by atoms with Crippen molar-refractivity contribution in [1.82, 2.24) is 4.90 Å². The molecule has 1 amide bonds. The van der Waals surface area contributed by atoms with Gasteiger partial charge in [0.1, 0.15) is 11.5 Å². The molecule has 0 aromatic heterocycles. The molecule has 1 aliphatic heterocycles. The Labute approximate surface area is 186 Å². The Hall–Kier alpha value is -3.03. The first kappa shape index (κ1) is 22.7. The number of ketones is 1. The Kier molecular flexibility index (Phi) is 6.87. The number of carbonyl (C=O) groups is 2. The zero-order valence-electron chi connectivity index (χ0n) is 17.9. The minimum atomic E-state index is -0.844. The third-order valence-corrected chi connectivity index (χ3v) is 5.53. The van der Waals surface area contributed by atoms with Crippen LogP contribution in [0, 0.1) is 0 Å². The molecule has 1 N–H and O–H groups in total. The summed E-state index contributed by atoms with van der Waals surface area (Å²) in [6.45, 7) is 0.927. The Morgan fingerprint density at radius 2 is 1.77 bits per heavy atom. The van der Waals surface area contributed by atoms with Crippen molar-refractivity contribution in [3.05, 3.63) is 64.2 Å². The summed E-state index contributed by atoms with van der Waals surface area (Å²) < 4.78 is 10.6. The number of quaternary nitrogens is 1. The number of hydrogen-bond acceptors (Lipinski definition) is 5. The molecule has 2 aromatic carbocycles. The van der Waals surface area contributed by atoms with Crippen molar-refractivity contribution in [2.75, 3.05) is 41.4 Å². The van der Waals surface area contributed by atoms with E-state index in [2.05, 4.69) is 0 Å². The second-order valence-electron chi connectivity index (χ2n) is 7.52. The van der Waals surface area contributed by atoms with Crippen LogP contribution in [0.1, 0.15) is 17.2 Å². The van der Waals surface area contributed by atoms with Crippen molar-refractivity contribution in [2.24, 2.45) is 0 Å². The van der Waals surface area contributed by atoms with Crippen molar-refractivity contribution in [3.8, 4) is 11.5 Å². The van der Waals surface area contributed by atoms with Crippen LogP contribution in [-0.4, -0.2) is 58.0 Å². The summed E-state index contributed by atoms with van der Waals surface area (Å²) in [5, 5.41) is 13.7. The summed E-state index contributed by atoms with van der Waals surface area (Å²) in [5.41, 5.74) is 0.687. The molecule has 164 valence electrons. The minimum Gasteiger partial charge on any atom is -0.872 e. The van der Waals surface area contributed by atoms with E-state index in [1.54, 1.807) is 30.3 Å². The lowest BCUT2D eigenvalue weighted by Crippen LogP contribution is -3.06. The number of likely N-dealkylation sites (tertiary alicyclic amines) is 1. The Bertz CT molecular complexity index is 1030. The number of Topliss-reactive ketones (excluding diaryl/α,β-unsaturated/α-hetero) is 1. The summed E-state index contributed by atoms with van der Waals surface area (Å²) in [5.74, 6) is -1.13. The number of nitrogens with zero attached hydrogens (tertiary/aromatic N) is 1. The minimum absolute atomic E-state index is 0.107. The zero-order chi connectivity index (χ0) is 22.7. The predicted molar refractivity (Wildman–Crippen MR) is 115 cm³/mol. The number of amides is 1. The Morgan fingerprint density at radius 3 is 2.39 bits per heavy atom. The van der Waals surface area contributed by atoms with Gasteiger partial charge in [0.2, 0.25) is 5.78 Å². The standard InChI is InChI=1S/C23H25ClN2O5/c1-25(2)11-12-26-20(15-7-5-6-8-17(15)30-3)19(22(28)23(26)29)21(27)14-9-10-18(31-4)16(24)13-14/h5-10,13,20,27H,11-12H2,1-4H3. The summed E-state index contributed by atoms with van der Waals surface area (Å²) in [7, 11) is 6.89. The van der Waals surface area contributed by atoms with Crippen LogP contribution in [0.15, 0.2) is 48.0 Å². The normalized spacial score (nSPS) is 18.0. The summed E-state index contributed by atoms with van der Waals surface area (Å²) in [4.78, 5) is 28.5. The molecular formula is C23H25ClN2O5. The number of benzene rings is 2. The Balaban J connectivity index is 2.20. The fourth-order valence-electron chi connectivity index (χ4n) is 3.62. The van der Waals surface area contributed by atoms with Crippen LogP contribution >= 0.6 is 11.6 Å². The fourth-order valence-corrected chi connectivity index (χ4v) is 3.88. The van der Waals surface area contributed by atoms with Crippen molar-refractivity contribution in [3.63, 3.8) is 0 Å². The number of para-hydroxylation sites is 1. The monoisotopic (exact) mass is 444 g/mol. The second kappa shape index (κ2) is 9.41. The van der Waals surface area contributed by atoms with E-state index in [0.29, 0.717) is 30.2 Å². The number of carbonyl (C=O) groups excluding carboxylic acids is 2. The van der Waals surface area contributed by atoms with Crippen LogP contribution in [0.2, 0.25) is 5.02 Å². The van der Waals surface area contributed by atoms with Gasteiger partial charge in [-0.05, 0) is 23.8 Å². The van der Waals surface area contributed by atoms with Crippen molar-refractivity contribution >= 4 is 29.1 Å². The van der Waals surface area contributed by atoms with E-state index >= 15 is 0 Å². The first-order valence-electron chi connectivity index (χ1n) is 9.82. The van der Waals surface area contributed by atoms with E-state index in [0.717, 1.165) is 4.90 Å². The number of methoxy groups -OCH3 is 2. The lowest BCUT2D eigenvalue weighted by molar-refractivity contribution is -0.857. The average molecular weight is 445 g/mol. The first-order valence-corrected chi connectivity index (χ1v) is 10.2. The van der Waals surface area contributed by atoms with Gasteiger partial charge in [0.15, 0.2) is 0 Å². The maximum atomic E-state index is 13.4. The topological polar surface area (TPSA) is 83.3 Å². The number of likely N-dealkylation sites (N-methyl/N-ethyl adjacent to an activating group) is 1. The van der Waals surface area contributed by atoms with Gasteiger partial charge in [-0.2, -0.15) is 0 Å². The van der Waals surface area contributed by atoms with E-state index in [9.17, 15) is 14.7 Å². The first-order chi connectivity index (χ1) is 14.8. The van der Waals surface area contributed by atoms with Gasteiger partial charge in [0, 0.05) is 11.1 Å². The lowest BCUT2D eigenvalue weighted by Gasteiger charge is -2.28. The highest BCUT2D eigenvalue weighted by atomic mass is 35.5. The quantitative estimate of drug-likeness (QED) is 0.386. The predicted octanol–water partition coefficient (Wildman–Crippen LogP) is 0.726. The number of rotatable bonds is 7. The van der Waals surface area contributed by atoms with Gasteiger partial charge in [-0.1, -0.05) is 41.6 Å². The van der Waals surface area contributed by atoms with Gasteiger partial charge in [0.25, 0.3) is 5.91 Å².